The molecule has 0 atom stereocenters. The Kier molecular flexibility index (Phi) is 8.66. The smallest absolute Gasteiger partial charge is 0.260 e. The number of hydrogen-bond donors (Lipinski definition) is 0. The van der Waals surface area contributed by atoms with E-state index in [1.165, 1.54) is 0 Å². The number of carbonyl (C=O) groups excluding carboxylic acids is 1. The highest BCUT2D eigenvalue weighted by molar-refractivity contribution is 5.78. The second kappa shape index (κ2) is 12.3. The third-order valence-corrected chi connectivity index (χ3v) is 6.59. The lowest BCUT2D eigenvalue weighted by molar-refractivity contribution is -0.133. The molecule has 1 aromatic heterocycles. The Morgan fingerprint density at radius 2 is 1.65 bits per heavy atom. The summed E-state index contributed by atoms with van der Waals surface area (Å²) in [4.78, 5) is 19.0. The van der Waals surface area contributed by atoms with E-state index in [1.54, 1.807) is 14.2 Å². The highest BCUT2D eigenvalue weighted by atomic mass is 16.5. The van der Waals surface area contributed by atoms with Crippen LogP contribution in [0.25, 0.3) is 11.3 Å². The van der Waals surface area contributed by atoms with Gasteiger partial charge >= 0.3 is 0 Å². The minimum absolute atomic E-state index is 0.0113. The van der Waals surface area contributed by atoms with Gasteiger partial charge in [0.15, 0.2) is 23.9 Å². The summed E-state index contributed by atoms with van der Waals surface area (Å²) in [6.45, 7) is 8.72. The standard InChI is InChI=1S/C28H35N5O4/c1-5-31(6-2)22-8-7-9-23(19-22)37-20-28(34)33-16-14-32(15-17-33)27-13-11-24(29-30-27)21-10-12-25(35-3)26(18-21)36-4/h7-13,18-19H,5-6,14-17,20H2,1-4H3. The molecule has 1 aliphatic rings. The maximum atomic E-state index is 12.8. The molecular weight excluding hydrogens is 470 g/mol. The predicted octanol–water partition coefficient (Wildman–Crippen LogP) is 3.73. The van der Waals surface area contributed by atoms with E-state index in [0.29, 0.717) is 43.4 Å². The minimum Gasteiger partial charge on any atom is -0.493 e. The van der Waals surface area contributed by atoms with Crippen molar-refractivity contribution >= 4 is 17.4 Å². The van der Waals surface area contributed by atoms with Crippen LogP contribution >= 0.6 is 0 Å². The summed E-state index contributed by atoms with van der Waals surface area (Å²) in [6, 6.07) is 17.5. The van der Waals surface area contributed by atoms with E-state index in [-0.39, 0.29) is 12.5 Å². The minimum atomic E-state index is -0.0113. The molecule has 3 aromatic rings. The summed E-state index contributed by atoms with van der Waals surface area (Å²) in [5.74, 6) is 2.80. The molecule has 196 valence electrons. The van der Waals surface area contributed by atoms with Gasteiger partial charge in [0, 0.05) is 56.6 Å². The molecule has 2 aromatic carbocycles. The molecule has 0 unspecified atom stereocenters. The van der Waals surface area contributed by atoms with Gasteiger partial charge in [-0.05, 0) is 56.3 Å². The van der Waals surface area contributed by atoms with Crippen molar-refractivity contribution < 1.29 is 19.0 Å². The summed E-state index contributed by atoms with van der Waals surface area (Å²) < 4.78 is 16.5. The van der Waals surface area contributed by atoms with Crippen LogP contribution in [0.15, 0.2) is 54.6 Å². The first-order chi connectivity index (χ1) is 18.1. The van der Waals surface area contributed by atoms with Gasteiger partial charge in [0.05, 0.1) is 19.9 Å². The average Bonchev–Trinajstić information content (AvgIpc) is 2.96. The van der Waals surface area contributed by atoms with Crippen LogP contribution < -0.4 is 24.0 Å². The van der Waals surface area contributed by atoms with Crippen LogP contribution in [0.2, 0.25) is 0 Å². The van der Waals surface area contributed by atoms with Crippen molar-refractivity contribution in [3.05, 3.63) is 54.6 Å². The molecule has 0 N–H and O–H groups in total. The fourth-order valence-electron chi connectivity index (χ4n) is 4.42. The van der Waals surface area contributed by atoms with Crippen molar-refractivity contribution in [2.24, 2.45) is 0 Å². The lowest BCUT2D eigenvalue weighted by Gasteiger charge is -2.35. The van der Waals surface area contributed by atoms with E-state index in [0.717, 1.165) is 35.9 Å². The molecule has 1 amide bonds. The molecule has 37 heavy (non-hydrogen) atoms. The molecule has 0 aliphatic carbocycles. The fraction of sp³-hybridized carbons (Fsp3) is 0.393. The Balaban J connectivity index is 1.30. The van der Waals surface area contributed by atoms with Gasteiger partial charge in [-0.3, -0.25) is 4.79 Å². The number of rotatable bonds is 10. The van der Waals surface area contributed by atoms with Gasteiger partial charge in [0.2, 0.25) is 0 Å². The van der Waals surface area contributed by atoms with Gasteiger partial charge in [-0.15, -0.1) is 10.2 Å². The first-order valence-electron chi connectivity index (χ1n) is 12.6. The molecular formula is C28H35N5O4. The SMILES string of the molecule is CCN(CC)c1cccc(OCC(=O)N2CCN(c3ccc(-c4ccc(OC)c(OC)c4)nn3)CC2)c1. The maximum absolute atomic E-state index is 12.8. The number of aromatic nitrogens is 2. The third kappa shape index (κ3) is 6.22. The van der Waals surface area contributed by atoms with Gasteiger partial charge in [-0.2, -0.15) is 0 Å². The zero-order valence-electron chi connectivity index (χ0n) is 22.0. The quantitative estimate of drug-likeness (QED) is 0.412. The number of hydrogen-bond acceptors (Lipinski definition) is 8. The number of carbonyl (C=O) groups is 1. The number of amides is 1. The lowest BCUT2D eigenvalue weighted by atomic mass is 10.1. The lowest BCUT2D eigenvalue weighted by Crippen LogP contribution is -2.50. The molecule has 0 saturated carbocycles. The monoisotopic (exact) mass is 505 g/mol. The van der Waals surface area contributed by atoms with Gasteiger partial charge in [-0.1, -0.05) is 6.07 Å². The largest absolute Gasteiger partial charge is 0.493 e. The number of nitrogens with zero attached hydrogens (tertiary/aromatic N) is 5. The van der Waals surface area contributed by atoms with Crippen LogP contribution in [0.5, 0.6) is 17.2 Å². The van der Waals surface area contributed by atoms with Gasteiger partial charge in [0.25, 0.3) is 5.91 Å². The topological polar surface area (TPSA) is 80.3 Å². The Morgan fingerprint density at radius 1 is 0.892 bits per heavy atom. The number of anilines is 2. The van der Waals surface area contributed by atoms with Crippen molar-refractivity contribution in [1.29, 1.82) is 0 Å². The number of ether oxygens (including phenoxy) is 3. The van der Waals surface area contributed by atoms with Crippen molar-refractivity contribution in [2.45, 2.75) is 13.8 Å². The van der Waals surface area contributed by atoms with Crippen LogP contribution in [-0.4, -0.2) is 81.1 Å². The van der Waals surface area contributed by atoms with Crippen molar-refractivity contribution in [3.8, 4) is 28.5 Å². The Morgan fingerprint density at radius 3 is 2.30 bits per heavy atom. The fourth-order valence-corrected chi connectivity index (χ4v) is 4.42. The summed E-state index contributed by atoms with van der Waals surface area (Å²) in [6.07, 6.45) is 0. The molecule has 9 heteroatoms. The maximum Gasteiger partial charge on any atom is 0.260 e. The van der Waals surface area contributed by atoms with Crippen LogP contribution in [0, 0.1) is 0 Å². The Hall–Kier alpha value is -4.01. The third-order valence-electron chi connectivity index (χ3n) is 6.59. The summed E-state index contributed by atoms with van der Waals surface area (Å²) in [5, 5.41) is 8.84. The van der Waals surface area contributed by atoms with Crippen LogP contribution in [0.4, 0.5) is 11.5 Å². The molecule has 0 radical (unpaired) electrons. The van der Waals surface area contributed by atoms with Crippen LogP contribution in [0.3, 0.4) is 0 Å². The number of methoxy groups -OCH3 is 2. The first kappa shape index (κ1) is 26.1. The zero-order valence-corrected chi connectivity index (χ0v) is 22.0. The molecule has 1 aliphatic heterocycles. The highest BCUT2D eigenvalue weighted by Gasteiger charge is 2.22. The van der Waals surface area contributed by atoms with Gasteiger partial charge in [-0.25, -0.2) is 0 Å². The Labute approximate surface area is 218 Å². The van der Waals surface area contributed by atoms with Crippen molar-refractivity contribution in [2.75, 3.05) is 69.9 Å². The normalized spacial score (nSPS) is 13.3. The average molecular weight is 506 g/mol. The predicted molar refractivity (Wildman–Crippen MR) is 145 cm³/mol. The summed E-state index contributed by atoms with van der Waals surface area (Å²) >= 11 is 0. The van der Waals surface area contributed by atoms with Gasteiger partial charge < -0.3 is 28.9 Å². The Bertz CT molecular complexity index is 1180. The summed E-state index contributed by atoms with van der Waals surface area (Å²) in [5.41, 5.74) is 2.75. The second-order valence-corrected chi connectivity index (χ2v) is 8.67. The van der Waals surface area contributed by atoms with E-state index >= 15 is 0 Å². The van der Waals surface area contributed by atoms with E-state index in [4.69, 9.17) is 14.2 Å². The molecule has 0 bridgehead atoms. The van der Waals surface area contributed by atoms with Crippen molar-refractivity contribution in [1.82, 2.24) is 15.1 Å². The van der Waals surface area contributed by atoms with Crippen LogP contribution in [0.1, 0.15) is 13.8 Å². The molecule has 2 heterocycles. The first-order valence-corrected chi connectivity index (χ1v) is 12.6. The van der Waals surface area contributed by atoms with Crippen molar-refractivity contribution in [3.63, 3.8) is 0 Å². The molecule has 1 saturated heterocycles. The molecule has 9 nitrogen and oxygen atoms in total. The zero-order chi connectivity index (χ0) is 26.2. The summed E-state index contributed by atoms with van der Waals surface area (Å²) in [7, 11) is 3.22. The molecule has 0 spiro atoms. The van der Waals surface area contributed by atoms with E-state index in [1.807, 2.05) is 53.4 Å². The number of benzene rings is 2. The second-order valence-electron chi connectivity index (χ2n) is 8.67. The van der Waals surface area contributed by atoms with Crippen LogP contribution in [-0.2, 0) is 4.79 Å². The van der Waals surface area contributed by atoms with E-state index in [9.17, 15) is 4.79 Å². The van der Waals surface area contributed by atoms with E-state index < -0.39 is 0 Å². The highest BCUT2D eigenvalue weighted by Crippen LogP contribution is 2.31. The number of piperazine rings is 1. The van der Waals surface area contributed by atoms with E-state index in [2.05, 4.69) is 39.9 Å². The van der Waals surface area contributed by atoms with Gasteiger partial charge in [0.1, 0.15) is 5.75 Å². The molecule has 1 fully saturated rings. The molecule has 4 rings (SSSR count).